The fourth-order valence-electron chi connectivity index (χ4n) is 9.79. The number of carbonyl (C=O) groups is 2. The van der Waals surface area contributed by atoms with E-state index >= 15 is 0 Å². The summed E-state index contributed by atoms with van der Waals surface area (Å²) in [4.78, 5) is 31.0. The third kappa shape index (κ3) is 5.71. The Labute approximate surface area is 274 Å². The Balaban J connectivity index is 1.09. The molecule has 2 heterocycles. The van der Waals surface area contributed by atoms with Crippen molar-refractivity contribution in [1.82, 2.24) is 9.80 Å². The van der Waals surface area contributed by atoms with Crippen LogP contribution in [0.5, 0.6) is 17.2 Å². The van der Waals surface area contributed by atoms with Crippen LogP contribution in [0.3, 0.4) is 0 Å². The molecule has 1 amide bonds. The second-order valence-electron chi connectivity index (χ2n) is 15.1. The maximum Gasteiger partial charge on any atom is 0.308 e. The van der Waals surface area contributed by atoms with Crippen molar-refractivity contribution >= 4 is 11.9 Å². The molecule has 3 aliphatic carbocycles. The number of aryl methyl sites for hydroxylation is 1. The minimum absolute atomic E-state index is 0.0544. The molecular weight excluding hydrogens is 576 g/mol. The van der Waals surface area contributed by atoms with Gasteiger partial charge >= 0.3 is 5.97 Å². The molecule has 1 spiro atoms. The van der Waals surface area contributed by atoms with Gasteiger partial charge in [0.05, 0.1) is 6.04 Å². The van der Waals surface area contributed by atoms with E-state index < -0.39 is 5.97 Å². The van der Waals surface area contributed by atoms with Crippen molar-refractivity contribution in [3.05, 3.63) is 53.1 Å². The molecule has 5 atom stereocenters. The molecule has 7 rings (SSSR count). The minimum atomic E-state index is -0.424. The largest absolute Gasteiger partial charge is 0.508 e. The van der Waals surface area contributed by atoms with Crippen LogP contribution >= 0.6 is 0 Å². The maximum absolute atomic E-state index is 14.1. The zero-order valence-electron chi connectivity index (χ0n) is 28.0. The van der Waals surface area contributed by atoms with E-state index in [9.17, 15) is 14.7 Å². The number of amides is 1. The number of carbonyl (C=O) groups excluding carboxylic acids is 2. The number of hydrogen-bond acceptors (Lipinski definition) is 6. The second-order valence-corrected chi connectivity index (χ2v) is 15.1. The van der Waals surface area contributed by atoms with E-state index in [-0.39, 0.29) is 35.3 Å². The molecule has 7 heteroatoms. The van der Waals surface area contributed by atoms with E-state index in [1.54, 1.807) is 6.07 Å². The number of hydrogen-bond donors (Lipinski definition) is 1. The molecule has 2 aromatic carbocycles. The molecule has 5 aliphatic rings. The number of esters is 1. The third-order valence-electron chi connectivity index (χ3n) is 11.8. The van der Waals surface area contributed by atoms with Gasteiger partial charge in [-0.3, -0.25) is 14.5 Å². The summed E-state index contributed by atoms with van der Waals surface area (Å²) >= 11 is 0. The molecule has 1 N–H and O–H groups in total. The van der Waals surface area contributed by atoms with Gasteiger partial charge < -0.3 is 19.5 Å². The Bertz CT molecular complexity index is 1440. The van der Waals surface area contributed by atoms with E-state index in [0.717, 1.165) is 81.5 Å². The summed E-state index contributed by atoms with van der Waals surface area (Å²) in [7, 11) is 0. The molecule has 2 aliphatic heterocycles. The molecule has 248 valence electrons. The second kappa shape index (κ2) is 12.9. The van der Waals surface area contributed by atoms with Crippen LogP contribution in [0.1, 0.15) is 108 Å². The van der Waals surface area contributed by atoms with Gasteiger partial charge in [-0.2, -0.15) is 0 Å². The van der Waals surface area contributed by atoms with Crippen molar-refractivity contribution in [3.8, 4) is 17.2 Å². The van der Waals surface area contributed by atoms with Crippen molar-refractivity contribution in [3.63, 3.8) is 0 Å². The summed E-state index contributed by atoms with van der Waals surface area (Å²) in [6.45, 7) is 7.81. The van der Waals surface area contributed by atoms with Crippen molar-refractivity contribution in [2.24, 2.45) is 11.8 Å². The predicted octanol–water partition coefficient (Wildman–Crippen LogP) is 6.96. The van der Waals surface area contributed by atoms with Crippen LogP contribution in [0, 0.1) is 11.8 Å². The van der Waals surface area contributed by atoms with E-state index in [4.69, 9.17) is 9.47 Å². The summed E-state index contributed by atoms with van der Waals surface area (Å²) in [5, 5.41) is 11.4. The standard InChI is InChI=1S/C39H52N2O5/c1-25(2)41(35(44)15-11-6-4-5-8-12-27-13-9-7-10-14-27)31-19-18-30-32-22-29-33(43)23-34(45-26(3)42)37-36(29)39(30,38(31)46-37)20-21-40(32)24-28-16-17-28/h7,9-10,13-14,23,25,28,30-32,38,43H,4-6,8,11-12,15-22,24H2,1-3H3/t30-,31-,32+,38-,39-/m0/s1. The normalized spacial score (nSPS) is 27.7. The number of unbranched alkanes of at least 4 members (excludes halogenated alkanes) is 4. The number of piperidine rings is 1. The first kappa shape index (κ1) is 31.5. The SMILES string of the molecule is CC(=O)Oc1cc(O)c2c3c1O[C@H]1[C@@H](N(C(=O)CCCCCCCc4ccccc4)C(C)C)CC[C@H]4[C@@H](C2)N(CC2CC2)CC[C@@]341. The topological polar surface area (TPSA) is 79.3 Å². The Morgan fingerprint density at radius 3 is 2.57 bits per heavy atom. The quantitative estimate of drug-likeness (QED) is 0.147. The van der Waals surface area contributed by atoms with Crippen LogP contribution in [-0.2, 0) is 27.8 Å². The third-order valence-corrected chi connectivity index (χ3v) is 11.8. The Morgan fingerprint density at radius 1 is 1.07 bits per heavy atom. The number of phenolic OH excluding ortho intramolecular Hbond substituents is 1. The fourth-order valence-corrected chi connectivity index (χ4v) is 9.79. The van der Waals surface area contributed by atoms with Crippen molar-refractivity contribution < 1.29 is 24.2 Å². The van der Waals surface area contributed by atoms with Crippen molar-refractivity contribution in [2.45, 2.75) is 134 Å². The highest BCUT2D eigenvalue weighted by Crippen LogP contribution is 2.66. The van der Waals surface area contributed by atoms with E-state index in [0.29, 0.717) is 29.9 Å². The highest BCUT2D eigenvalue weighted by Gasteiger charge is 2.67. The molecule has 2 bridgehead atoms. The lowest BCUT2D eigenvalue weighted by atomic mass is 9.50. The summed E-state index contributed by atoms with van der Waals surface area (Å²) in [5.41, 5.74) is 3.13. The summed E-state index contributed by atoms with van der Waals surface area (Å²) in [6, 6.07) is 12.6. The first-order valence-electron chi connectivity index (χ1n) is 18.1. The Morgan fingerprint density at radius 2 is 1.83 bits per heavy atom. The lowest BCUT2D eigenvalue weighted by molar-refractivity contribution is -0.146. The van der Waals surface area contributed by atoms with Crippen molar-refractivity contribution in [2.75, 3.05) is 13.1 Å². The first-order chi connectivity index (χ1) is 22.3. The highest BCUT2D eigenvalue weighted by molar-refractivity contribution is 5.77. The lowest BCUT2D eigenvalue weighted by Crippen LogP contribution is -2.69. The molecule has 7 nitrogen and oxygen atoms in total. The molecular formula is C39H52N2O5. The predicted molar refractivity (Wildman–Crippen MR) is 178 cm³/mol. The average molecular weight is 629 g/mol. The zero-order chi connectivity index (χ0) is 32.0. The van der Waals surface area contributed by atoms with Crippen LogP contribution < -0.4 is 9.47 Å². The molecule has 46 heavy (non-hydrogen) atoms. The molecule has 0 aromatic heterocycles. The van der Waals surface area contributed by atoms with Gasteiger partial charge in [-0.1, -0.05) is 49.6 Å². The summed E-state index contributed by atoms with van der Waals surface area (Å²) < 4.78 is 12.7. The Hall–Kier alpha value is -3.06. The van der Waals surface area contributed by atoms with Crippen molar-refractivity contribution in [1.29, 1.82) is 0 Å². The average Bonchev–Trinajstić information content (AvgIpc) is 3.78. The van der Waals surface area contributed by atoms with Gasteiger partial charge in [0, 0.05) is 54.6 Å². The van der Waals surface area contributed by atoms with Crippen LogP contribution in [0.4, 0.5) is 0 Å². The minimum Gasteiger partial charge on any atom is -0.508 e. The van der Waals surface area contributed by atoms with Crippen LogP contribution in [-0.4, -0.2) is 64.1 Å². The fraction of sp³-hybridized carbons (Fsp3) is 0.641. The monoisotopic (exact) mass is 628 g/mol. The number of rotatable bonds is 13. The number of phenols is 1. The molecule has 2 saturated carbocycles. The van der Waals surface area contributed by atoms with Crippen LogP contribution in [0.2, 0.25) is 0 Å². The van der Waals surface area contributed by atoms with Gasteiger partial charge in [0.1, 0.15) is 11.9 Å². The number of likely N-dealkylation sites (tertiary alicyclic amines) is 1. The van der Waals surface area contributed by atoms with Gasteiger partial charge in [-0.15, -0.1) is 0 Å². The smallest absolute Gasteiger partial charge is 0.308 e. The lowest BCUT2D eigenvalue weighted by Gasteiger charge is -2.61. The molecule has 0 unspecified atom stereocenters. The van der Waals surface area contributed by atoms with Crippen LogP contribution in [0.25, 0.3) is 0 Å². The number of nitrogens with zero attached hydrogens (tertiary/aromatic N) is 2. The van der Waals surface area contributed by atoms with Crippen LogP contribution in [0.15, 0.2) is 36.4 Å². The Kier molecular flexibility index (Phi) is 8.81. The molecule has 2 aromatic rings. The van der Waals surface area contributed by atoms with E-state index in [2.05, 4.69) is 54.0 Å². The first-order valence-corrected chi connectivity index (χ1v) is 18.1. The van der Waals surface area contributed by atoms with E-state index in [1.165, 1.54) is 38.2 Å². The summed E-state index contributed by atoms with van der Waals surface area (Å²) in [6.07, 6.45) is 13.3. The highest BCUT2D eigenvalue weighted by atomic mass is 16.6. The number of ether oxygens (including phenoxy) is 2. The molecule has 1 saturated heterocycles. The number of benzene rings is 2. The van der Waals surface area contributed by atoms with Gasteiger partial charge in [0.25, 0.3) is 0 Å². The molecule has 3 fully saturated rings. The number of aromatic hydroxyl groups is 1. The van der Waals surface area contributed by atoms with Gasteiger partial charge in [0.2, 0.25) is 5.91 Å². The summed E-state index contributed by atoms with van der Waals surface area (Å²) in [5.74, 6) is 2.15. The van der Waals surface area contributed by atoms with Gasteiger partial charge in [-0.25, -0.2) is 0 Å². The maximum atomic E-state index is 14.1. The van der Waals surface area contributed by atoms with E-state index in [1.807, 2.05) is 0 Å². The van der Waals surface area contributed by atoms with Gasteiger partial charge in [0.15, 0.2) is 11.5 Å². The van der Waals surface area contributed by atoms with Gasteiger partial charge in [-0.05, 0) is 95.6 Å². The molecule has 0 radical (unpaired) electrons. The zero-order valence-corrected chi connectivity index (χ0v) is 28.0.